The third kappa shape index (κ3) is 3.43. The monoisotopic (exact) mass is 267 g/mol. The summed E-state index contributed by atoms with van der Waals surface area (Å²) in [6.07, 6.45) is -0.741. The van der Waals surface area contributed by atoms with Crippen molar-refractivity contribution in [2.45, 2.75) is 25.5 Å². The highest BCUT2D eigenvalue weighted by molar-refractivity contribution is 5.70. The number of carbonyl (C=O) groups is 2. The van der Waals surface area contributed by atoms with Gasteiger partial charge >= 0.3 is 12.1 Å². The molecule has 1 aromatic rings. The van der Waals surface area contributed by atoms with Gasteiger partial charge in [0, 0.05) is 12.0 Å². The zero-order valence-corrected chi connectivity index (χ0v) is 10.2. The van der Waals surface area contributed by atoms with Gasteiger partial charge in [-0.3, -0.25) is 4.79 Å². The van der Waals surface area contributed by atoms with E-state index in [1.54, 1.807) is 18.2 Å². The van der Waals surface area contributed by atoms with Crippen LogP contribution in [0, 0.1) is 5.82 Å². The predicted octanol–water partition coefficient (Wildman–Crippen LogP) is 2.01. The predicted molar refractivity (Wildman–Crippen MR) is 63.9 cm³/mol. The standard InChI is InChI=1S/C13H14FNO4/c14-11-4-2-1-3-9(11)7-15-8-10(19-13(15)18)5-6-12(16)17/h1-4,10H,5-8H2,(H,16,17). The van der Waals surface area contributed by atoms with E-state index in [-0.39, 0.29) is 25.2 Å². The van der Waals surface area contributed by atoms with Crippen LogP contribution < -0.4 is 0 Å². The van der Waals surface area contributed by atoms with Crippen LogP contribution in [-0.4, -0.2) is 34.7 Å². The van der Waals surface area contributed by atoms with E-state index in [1.807, 2.05) is 0 Å². The summed E-state index contributed by atoms with van der Waals surface area (Å²) < 4.78 is 18.5. The molecule has 0 spiro atoms. The van der Waals surface area contributed by atoms with Crippen molar-refractivity contribution in [1.82, 2.24) is 4.90 Å². The average molecular weight is 267 g/mol. The Labute approximate surface area is 109 Å². The van der Waals surface area contributed by atoms with E-state index in [0.717, 1.165) is 0 Å². The average Bonchev–Trinajstić information content (AvgIpc) is 2.71. The second kappa shape index (κ2) is 5.69. The lowest BCUT2D eigenvalue weighted by molar-refractivity contribution is -0.137. The molecule has 1 unspecified atom stereocenters. The normalized spacial score (nSPS) is 18.5. The lowest BCUT2D eigenvalue weighted by atomic mass is 10.1. The van der Waals surface area contributed by atoms with Crippen LogP contribution in [0.4, 0.5) is 9.18 Å². The van der Waals surface area contributed by atoms with Gasteiger partial charge in [-0.25, -0.2) is 9.18 Å². The molecule has 1 N–H and O–H groups in total. The van der Waals surface area contributed by atoms with Crippen LogP contribution in [0.1, 0.15) is 18.4 Å². The van der Waals surface area contributed by atoms with Gasteiger partial charge in [0.1, 0.15) is 11.9 Å². The minimum absolute atomic E-state index is 0.0501. The molecule has 2 rings (SSSR count). The quantitative estimate of drug-likeness (QED) is 0.886. The van der Waals surface area contributed by atoms with Gasteiger partial charge in [-0.15, -0.1) is 0 Å². The van der Waals surface area contributed by atoms with E-state index in [2.05, 4.69) is 0 Å². The minimum atomic E-state index is -0.927. The van der Waals surface area contributed by atoms with Gasteiger partial charge in [-0.05, 0) is 12.5 Å². The third-order valence-corrected chi connectivity index (χ3v) is 2.95. The van der Waals surface area contributed by atoms with Crippen LogP contribution in [0.25, 0.3) is 0 Å². The van der Waals surface area contributed by atoms with Crippen LogP contribution >= 0.6 is 0 Å². The summed E-state index contributed by atoms with van der Waals surface area (Å²) in [7, 11) is 0. The number of hydrogen-bond acceptors (Lipinski definition) is 3. The Balaban J connectivity index is 1.93. The van der Waals surface area contributed by atoms with Gasteiger partial charge in [0.15, 0.2) is 0 Å². The number of benzene rings is 1. The first kappa shape index (κ1) is 13.3. The molecule has 1 aliphatic heterocycles. The first-order valence-corrected chi connectivity index (χ1v) is 5.97. The Morgan fingerprint density at radius 2 is 2.21 bits per heavy atom. The van der Waals surface area contributed by atoms with Crippen molar-refractivity contribution < 1.29 is 23.8 Å². The highest BCUT2D eigenvalue weighted by Gasteiger charge is 2.31. The fourth-order valence-corrected chi connectivity index (χ4v) is 1.97. The summed E-state index contributed by atoms with van der Waals surface area (Å²) in [5.41, 5.74) is 0.415. The van der Waals surface area contributed by atoms with Gasteiger partial charge in [-0.1, -0.05) is 18.2 Å². The van der Waals surface area contributed by atoms with Crippen molar-refractivity contribution in [3.05, 3.63) is 35.6 Å². The van der Waals surface area contributed by atoms with E-state index in [1.165, 1.54) is 11.0 Å². The topological polar surface area (TPSA) is 66.8 Å². The number of amides is 1. The Hall–Kier alpha value is -2.11. The van der Waals surface area contributed by atoms with E-state index in [9.17, 15) is 14.0 Å². The van der Waals surface area contributed by atoms with Gasteiger partial charge < -0.3 is 14.7 Å². The number of hydrogen-bond donors (Lipinski definition) is 1. The maximum atomic E-state index is 13.5. The molecule has 1 heterocycles. The number of carboxylic acid groups (broad SMARTS) is 1. The van der Waals surface area contributed by atoms with Crippen molar-refractivity contribution in [3.63, 3.8) is 0 Å². The van der Waals surface area contributed by atoms with Crippen LogP contribution in [0.2, 0.25) is 0 Å². The number of halogens is 1. The molecule has 1 fully saturated rings. The first-order valence-electron chi connectivity index (χ1n) is 5.97. The Morgan fingerprint density at radius 3 is 2.89 bits per heavy atom. The maximum absolute atomic E-state index is 13.5. The van der Waals surface area contributed by atoms with E-state index in [0.29, 0.717) is 12.1 Å². The SMILES string of the molecule is O=C(O)CCC1CN(Cc2ccccc2F)C(=O)O1. The molecule has 6 heteroatoms. The second-order valence-electron chi connectivity index (χ2n) is 4.41. The highest BCUT2D eigenvalue weighted by Crippen LogP contribution is 2.19. The number of ether oxygens (including phenoxy) is 1. The lowest BCUT2D eigenvalue weighted by Crippen LogP contribution is -2.25. The number of carboxylic acids is 1. The molecule has 0 aliphatic carbocycles. The van der Waals surface area contributed by atoms with Crippen molar-refractivity contribution in [2.24, 2.45) is 0 Å². The molecule has 1 aromatic carbocycles. The minimum Gasteiger partial charge on any atom is -0.481 e. The lowest BCUT2D eigenvalue weighted by Gasteiger charge is -2.13. The molecule has 19 heavy (non-hydrogen) atoms. The van der Waals surface area contributed by atoms with Gasteiger partial charge in [0.05, 0.1) is 13.1 Å². The number of nitrogens with zero attached hydrogens (tertiary/aromatic N) is 1. The smallest absolute Gasteiger partial charge is 0.410 e. The summed E-state index contributed by atoms with van der Waals surface area (Å²) in [5.74, 6) is -1.30. The van der Waals surface area contributed by atoms with E-state index >= 15 is 0 Å². The Morgan fingerprint density at radius 1 is 1.47 bits per heavy atom. The zero-order valence-electron chi connectivity index (χ0n) is 10.2. The maximum Gasteiger partial charge on any atom is 0.410 e. The van der Waals surface area contributed by atoms with Gasteiger partial charge in [0.25, 0.3) is 0 Å². The largest absolute Gasteiger partial charge is 0.481 e. The number of aliphatic carboxylic acids is 1. The molecule has 0 aromatic heterocycles. The number of rotatable bonds is 5. The summed E-state index contributed by atoms with van der Waals surface area (Å²) in [4.78, 5) is 23.4. The van der Waals surface area contributed by atoms with E-state index in [4.69, 9.17) is 9.84 Å². The molecule has 1 atom stereocenters. The van der Waals surface area contributed by atoms with Gasteiger partial charge in [-0.2, -0.15) is 0 Å². The fourth-order valence-electron chi connectivity index (χ4n) is 1.97. The van der Waals surface area contributed by atoms with Crippen molar-refractivity contribution in [2.75, 3.05) is 6.54 Å². The van der Waals surface area contributed by atoms with Crippen LogP contribution in [-0.2, 0) is 16.1 Å². The number of carbonyl (C=O) groups excluding carboxylic acids is 1. The summed E-state index contributed by atoms with van der Waals surface area (Å²) >= 11 is 0. The molecule has 102 valence electrons. The third-order valence-electron chi connectivity index (χ3n) is 2.95. The number of cyclic esters (lactones) is 1. The molecule has 0 bridgehead atoms. The van der Waals surface area contributed by atoms with Crippen LogP contribution in [0.3, 0.4) is 0 Å². The van der Waals surface area contributed by atoms with E-state index < -0.39 is 18.2 Å². The highest BCUT2D eigenvalue weighted by atomic mass is 19.1. The van der Waals surface area contributed by atoms with Crippen LogP contribution in [0.15, 0.2) is 24.3 Å². The van der Waals surface area contributed by atoms with Crippen LogP contribution in [0.5, 0.6) is 0 Å². The molecule has 1 aliphatic rings. The fraction of sp³-hybridized carbons (Fsp3) is 0.385. The zero-order chi connectivity index (χ0) is 13.8. The molecule has 0 saturated carbocycles. The van der Waals surface area contributed by atoms with Crippen molar-refractivity contribution in [1.29, 1.82) is 0 Å². The van der Waals surface area contributed by atoms with Crippen molar-refractivity contribution in [3.8, 4) is 0 Å². The molecule has 5 nitrogen and oxygen atoms in total. The first-order chi connectivity index (χ1) is 9.06. The van der Waals surface area contributed by atoms with Crippen molar-refractivity contribution >= 4 is 12.1 Å². The molecule has 0 radical (unpaired) electrons. The molecular weight excluding hydrogens is 253 g/mol. The summed E-state index contributed by atoms with van der Waals surface area (Å²) in [6, 6.07) is 6.21. The second-order valence-corrected chi connectivity index (χ2v) is 4.41. The Bertz CT molecular complexity index is 491. The Kier molecular flexibility index (Phi) is 3.99. The summed E-state index contributed by atoms with van der Waals surface area (Å²) in [5, 5.41) is 8.57. The van der Waals surface area contributed by atoms with Gasteiger partial charge in [0.2, 0.25) is 0 Å². The molecule has 1 amide bonds. The summed E-state index contributed by atoms with van der Waals surface area (Å²) in [6.45, 7) is 0.426. The molecular formula is C13H14FNO4. The molecule has 1 saturated heterocycles.